The lowest BCUT2D eigenvalue weighted by atomic mass is 10.2. The quantitative estimate of drug-likeness (QED) is 0.531. The van der Waals surface area contributed by atoms with E-state index in [0.29, 0.717) is 22.6 Å². The van der Waals surface area contributed by atoms with E-state index in [-0.39, 0.29) is 0 Å². The molecule has 0 spiro atoms. The molecular formula is C14H9N3O3S. The van der Waals surface area contributed by atoms with Crippen molar-refractivity contribution < 1.29 is 13.4 Å². The van der Waals surface area contributed by atoms with E-state index in [9.17, 15) is 0 Å². The van der Waals surface area contributed by atoms with Gasteiger partial charge in [-0.15, -0.1) is 10.2 Å². The van der Waals surface area contributed by atoms with Crippen molar-refractivity contribution in [2.24, 2.45) is 0 Å². The molecule has 0 aliphatic carbocycles. The molecular weight excluding hydrogens is 290 g/mol. The van der Waals surface area contributed by atoms with Gasteiger partial charge in [-0.1, -0.05) is 35.1 Å². The van der Waals surface area contributed by atoms with Crippen LogP contribution in [-0.4, -0.2) is 15.4 Å². The second kappa shape index (κ2) is 5.10. The maximum absolute atomic E-state index is 5.68. The molecule has 0 aliphatic heterocycles. The Morgan fingerprint density at radius 3 is 2.86 bits per heavy atom. The van der Waals surface area contributed by atoms with Crippen LogP contribution >= 0.6 is 11.8 Å². The summed E-state index contributed by atoms with van der Waals surface area (Å²) in [6, 6.07) is 11.4. The van der Waals surface area contributed by atoms with Crippen LogP contribution < -0.4 is 0 Å². The summed E-state index contributed by atoms with van der Waals surface area (Å²) in [6.07, 6.45) is 1.53. The Hall–Kier alpha value is -2.54. The van der Waals surface area contributed by atoms with Gasteiger partial charge in [-0.05, 0) is 12.1 Å². The number of furan rings is 1. The molecule has 6 nitrogen and oxygen atoms in total. The lowest BCUT2D eigenvalue weighted by Gasteiger charge is -1.90. The van der Waals surface area contributed by atoms with Gasteiger partial charge in [0.05, 0.1) is 5.69 Å². The number of hydrogen-bond donors (Lipinski definition) is 0. The topological polar surface area (TPSA) is 78.1 Å². The summed E-state index contributed by atoms with van der Waals surface area (Å²) in [5, 5.41) is 13.3. The van der Waals surface area contributed by atoms with Crippen LogP contribution in [0.15, 0.2) is 61.2 Å². The number of hydrogen-bond acceptors (Lipinski definition) is 7. The van der Waals surface area contributed by atoms with Crippen LogP contribution in [0.25, 0.3) is 22.6 Å². The molecule has 0 atom stereocenters. The molecule has 0 fully saturated rings. The first-order chi connectivity index (χ1) is 10.4. The Bertz CT molecular complexity index is 834. The highest BCUT2D eigenvalue weighted by molar-refractivity contribution is 7.98. The molecule has 3 heterocycles. The molecule has 0 saturated carbocycles. The van der Waals surface area contributed by atoms with Crippen molar-refractivity contribution in [2.75, 3.05) is 0 Å². The van der Waals surface area contributed by atoms with E-state index in [1.807, 2.05) is 30.3 Å². The normalized spacial score (nSPS) is 11.2. The number of fused-ring (bicyclic) bond motifs is 1. The van der Waals surface area contributed by atoms with E-state index in [1.165, 1.54) is 18.0 Å². The monoisotopic (exact) mass is 299 g/mol. The molecule has 104 valence electrons. The maximum atomic E-state index is 5.68. The van der Waals surface area contributed by atoms with Gasteiger partial charge in [0.25, 0.3) is 11.1 Å². The first-order valence-corrected chi connectivity index (χ1v) is 7.21. The number of aromatic nitrogens is 3. The predicted molar refractivity (Wildman–Crippen MR) is 75.6 cm³/mol. The van der Waals surface area contributed by atoms with Crippen LogP contribution in [-0.2, 0) is 5.75 Å². The van der Waals surface area contributed by atoms with E-state index < -0.39 is 0 Å². The van der Waals surface area contributed by atoms with Gasteiger partial charge in [0.1, 0.15) is 11.8 Å². The number of rotatable bonds is 4. The minimum Gasteiger partial charge on any atom is -0.451 e. The zero-order valence-corrected chi connectivity index (χ0v) is 11.5. The van der Waals surface area contributed by atoms with Crippen LogP contribution in [0.4, 0.5) is 0 Å². The summed E-state index contributed by atoms with van der Waals surface area (Å²) in [6.45, 7) is 0. The Balaban J connectivity index is 1.56. The Morgan fingerprint density at radius 1 is 1.05 bits per heavy atom. The second-order valence-corrected chi connectivity index (χ2v) is 5.23. The third-order valence-corrected chi connectivity index (χ3v) is 3.73. The van der Waals surface area contributed by atoms with Gasteiger partial charge in [0.15, 0.2) is 5.76 Å². The highest BCUT2D eigenvalue weighted by Crippen LogP contribution is 2.29. The van der Waals surface area contributed by atoms with Crippen LogP contribution in [0.3, 0.4) is 0 Å². The summed E-state index contributed by atoms with van der Waals surface area (Å²) in [7, 11) is 0. The predicted octanol–water partition coefficient (Wildman–Crippen LogP) is 3.76. The Labute approximate surface area is 123 Å². The van der Waals surface area contributed by atoms with Crippen molar-refractivity contribution in [3.63, 3.8) is 0 Å². The Kier molecular flexibility index (Phi) is 2.97. The third-order valence-electron chi connectivity index (χ3n) is 2.88. The first-order valence-electron chi connectivity index (χ1n) is 6.23. The molecule has 4 rings (SSSR count). The molecule has 7 heteroatoms. The number of thioether (sulfide) groups is 1. The van der Waals surface area contributed by atoms with Gasteiger partial charge in [-0.3, -0.25) is 0 Å². The molecule has 0 amide bonds. The van der Waals surface area contributed by atoms with E-state index >= 15 is 0 Å². The van der Waals surface area contributed by atoms with Crippen molar-refractivity contribution in [3.8, 4) is 11.7 Å². The molecule has 0 N–H and O–H groups in total. The van der Waals surface area contributed by atoms with E-state index in [4.69, 9.17) is 13.4 Å². The molecule has 21 heavy (non-hydrogen) atoms. The van der Waals surface area contributed by atoms with Crippen molar-refractivity contribution in [1.29, 1.82) is 0 Å². The van der Waals surface area contributed by atoms with Gasteiger partial charge in [-0.2, -0.15) is 0 Å². The van der Waals surface area contributed by atoms with Crippen LogP contribution in [0, 0.1) is 0 Å². The molecule has 0 aliphatic rings. The van der Waals surface area contributed by atoms with Crippen molar-refractivity contribution >= 4 is 22.7 Å². The average molecular weight is 299 g/mol. The summed E-state index contributed by atoms with van der Waals surface area (Å²) in [5.41, 5.74) is 1.62. The van der Waals surface area contributed by atoms with Gasteiger partial charge in [0.2, 0.25) is 0 Å². The number of benzene rings is 1. The standard InChI is InChI=1S/C14H9N3O3S/c1-2-4-11-9(3-1)7-12(19-11)13-15-16-14(20-13)21-8-10-5-6-18-17-10/h1-7H,8H2. The second-order valence-electron chi connectivity index (χ2n) is 4.30. The fourth-order valence-electron chi connectivity index (χ4n) is 1.90. The van der Waals surface area contributed by atoms with E-state index in [2.05, 4.69) is 15.4 Å². The van der Waals surface area contributed by atoms with Crippen molar-refractivity contribution in [3.05, 3.63) is 48.4 Å². The average Bonchev–Trinajstić information content (AvgIpc) is 3.24. The zero-order chi connectivity index (χ0) is 14.1. The molecule has 0 bridgehead atoms. The van der Waals surface area contributed by atoms with Crippen LogP contribution in [0.5, 0.6) is 0 Å². The minimum atomic E-state index is 0.369. The molecule has 0 radical (unpaired) electrons. The van der Waals surface area contributed by atoms with Crippen molar-refractivity contribution in [1.82, 2.24) is 15.4 Å². The Morgan fingerprint density at radius 2 is 2.00 bits per heavy atom. The van der Waals surface area contributed by atoms with Gasteiger partial charge >= 0.3 is 0 Å². The highest BCUT2D eigenvalue weighted by Gasteiger charge is 2.14. The molecule has 3 aromatic heterocycles. The lowest BCUT2D eigenvalue weighted by Crippen LogP contribution is -1.79. The highest BCUT2D eigenvalue weighted by atomic mass is 32.2. The first kappa shape index (κ1) is 12.2. The summed E-state index contributed by atoms with van der Waals surface area (Å²) in [4.78, 5) is 0. The number of nitrogens with zero attached hydrogens (tertiary/aromatic N) is 3. The fraction of sp³-hybridized carbons (Fsp3) is 0.0714. The largest absolute Gasteiger partial charge is 0.451 e. The van der Waals surface area contributed by atoms with Gasteiger partial charge in [-0.25, -0.2) is 0 Å². The van der Waals surface area contributed by atoms with Crippen LogP contribution in [0.2, 0.25) is 0 Å². The van der Waals surface area contributed by atoms with E-state index in [0.717, 1.165) is 16.7 Å². The fourth-order valence-corrected chi connectivity index (χ4v) is 2.56. The molecule has 0 unspecified atom stereocenters. The number of para-hydroxylation sites is 1. The van der Waals surface area contributed by atoms with Gasteiger partial charge < -0.3 is 13.4 Å². The molecule has 4 aromatic rings. The lowest BCUT2D eigenvalue weighted by molar-refractivity contribution is 0.414. The summed E-state index contributed by atoms with van der Waals surface area (Å²) >= 11 is 1.40. The third kappa shape index (κ3) is 2.43. The smallest absolute Gasteiger partial charge is 0.284 e. The van der Waals surface area contributed by atoms with Crippen molar-refractivity contribution in [2.45, 2.75) is 11.0 Å². The minimum absolute atomic E-state index is 0.369. The maximum Gasteiger partial charge on any atom is 0.284 e. The SMILES string of the molecule is c1ccc2oc(-c3nnc(SCc4ccon4)o3)cc2c1. The summed E-state index contributed by atoms with van der Waals surface area (Å²) in [5.74, 6) is 1.55. The van der Waals surface area contributed by atoms with E-state index in [1.54, 1.807) is 6.07 Å². The van der Waals surface area contributed by atoms with Crippen LogP contribution in [0.1, 0.15) is 5.69 Å². The summed E-state index contributed by atoms with van der Waals surface area (Å²) < 4.78 is 16.0. The van der Waals surface area contributed by atoms with Gasteiger partial charge in [0, 0.05) is 17.2 Å². The molecule has 1 aromatic carbocycles. The zero-order valence-electron chi connectivity index (χ0n) is 10.7. The molecule has 0 saturated heterocycles.